The van der Waals surface area contributed by atoms with E-state index in [-0.39, 0.29) is 24.1 Å². The molecule has 0 heterocycles. The van der Waals surface area contributed by atoms with Crippen LogP contribution in [-0.2, 0) is 9.63 Å². The minimum absolute atomic E-state index is 0.00306. The van der Waals surface area contributed by atoms with Crippen LogP contribution < -0.4 is 0 Å². The van der Waals surface area contributed by atoms with Gasteiger partial charge in [-0.25, -0.2) is 0 Å². The van der Waals surface area contributed by atoms with Crippen molar-refractivity contribution in [2.24, 2.45) is 11.1 Å². The SMILES string of the molecule is CCCCCCSC(CCC)CCC1CC(=O)C(C(CCC)=NOC/C=C/Cl)=C(O)C1. The van der Waals surface area contributed by atoms with E-state index < -0.39 is 0 Å². The van der Waals surface area contributed by atoms with E-state index in [1.807, 2.05) is 6.92 Å². The molecule has 2 unspecified atom stereocenters. The van der Waals surface area contributed by atoms with Crippen molar-refractivity contribution in [3.63, 3.8) is 0 Å². The third kappa shape index (κ3) is 11.5. The number of carbonyl (C=O) groups is 1. The monoisotopic (exact) mass is 471 g/mol. The number of carbonyl (C=O) groups excluding carboxylic acids is 1. The molecule has 0 amide bonds. The Morgan fingerprint density at radius 1 is 1.19 bits per heavy atom. The minimum Gasteiger partial charge on any atom is -0.511 e. The van der Waals surface area contributed by atoms with E-state index in [2.05, 4.69) is 30.8 Å². The number of aliphatic hydroxyl groups excluding tert-OH is 1. The molecule has 0 radical (unpaired) electrons. The number of oxime groups is 1. The summed E-state index contributed by atoms with van der Waals surface area (Å²) >= 11 is 7.60. The second-order valence-corrected chi connectivity index (χ2v) is 10.0. The summed E-state index contributed by atoms with van der Waals surface area (Å²) in [5.41, 5.74) is 2.30. The number of Topliss-reactive ketones (excluding diaryl/α,β-unsaturated/α-hetero) is 1. The fraction of sp³-hybridized carbons (Fsp3) is 0.760. The third-order valence-corrected chi connectivity index (χ3v) is 7.24. The molecule has 178 valence electrons. The number of allylic oxidation sites excluding steroid dienone is 2. The van der Waals surface area contributed by atoms with Crippen molar-refractivity contribution in [3.05, 3.63) is 22.9 Å². The first-order valence-corrected chi connectivity index (χ1v) is 13.6. The summed E-state index contributed by atoms with van der Waals surface area (Å²) in [5.74, 6) is 1.64. The molecule has 31 heavy (non-hydrogen) atoms. The van der Waals surface area contributed by atoms with E-state index in [4.69, 9.17) is 16.4 Å². The normalized spacial score (nSPS) is 18.8. The van der Waals surface area contributed by atoms with Crippen molar-refractivity contribution in [1.82, 2.24) is 0 Å². The Kier molecular flexibility index (Phi) is 15.9. The highest BCUT2D eigenvalue weighted by Crippen LogP contribution is 2.33. The van der Waals surface area contributed by atoms with Gasteiger partial charge in [0.05, 0.1) is 11.3 Å². The summed E-state index contributed by atoms with van der Waals surface area (Å²) < 4.78 is 0. The molecule has 2 atom stereocenters. The number of thioether (sulfide) groups is 1. The first-order valence-electron chi connectivity index (χ1n) is 12.1. The van der Waals surface area contributed by atoms with Gasteiger partial charge >= 0.3 is 0 Å². The lowest BCUT2D eigenvalue weighted by Gasteiger charge is -2.25. The predicted octanol–water partition coefficient (Wildman–Crippen LogP) is 7.97. The van der Waals surface area contributed by atoms with Gasteiger partial charge in [-0.2, -0.15) is 11.8 Å². The molecule has 0 aliphatic heterocycles. The van der Waals surface area contributed by atoms with Crippen LogP contribution in [0.5, 0.6) is 0 Å². The lowest BCUT2D eigenvalue weighted by atomic mass is 9.82. The zero-order valence-corrected chi connectivity index (χ0v) is 21.3. The van der Waals surface area contributed by atoms with Crippen LogP contribution in [0.4, 0.5) is 0 Å². The largest absolute Gasteiger partial charge is 0.511 e. The average Bonchev–Trinajstić information content (AvgIpc) is 2.74. The van der Waals surface area contributed by atoms with Gasteiger partial charge in [0.1, 0.15) is 12.4 Å². The summed E-state index contributed by atoms with van der Waals surface area (Å²) in [6.45, 7) is 6.76. The molecule has 1 aliphatic carbocycles. The topological polar surface area (TPSA) is 58.9 Å². The maximum absolute atomic E-state index is 12.9. The molecule has 0 aromatic rings. The standard InChI is InChI=1S/C25H42ClNO3S/c1-4-7-8-9-17-31-21(11-5-2)14-13-20-18-23(28)25(24(29)19-20)22(12-6-3)27-30-16-10-15-26/h10,15,20-21,28H,4-9,11-14,16-19H2,1-3H3/b15-10+,27-22?. The maximum atomic E-state index is 12.9. The quantitative estimate of drug-likeness (QED) is 0.133. The summed E-state index contributed by atoms with van der Waals surface area (Å²) in [6.07, 6.45) is 13.9. The Morgan fingerprint density at radius 2 is 2.00 bits per heavy atom. The van der Waals surface area contributed by atoms with Gasteiger partial charge in [-0.1, -0.05) is 69.6 Å². The van der Waals surface area contributed by atoms with Gasteiger partial charge in [0.25, 0.3) is 0 Å². The van der Waals surface area contributed by atoms with E-state index in [1.165, 1.54) is 49.8 Å². The minimum atomic E-state index is -0.00306. The molecule has 0 aromatic heterocycles. The number of nitrogens with zero attached hydrogens (tertiary/aromatic N) is 1. The van der Waals surface area contributed by atoms with Crippen LogP contribution in [0.1, 0.15) is 97.8 Å². The van der Waals surface area contributed by atoms with Crippen LogP contribution in [0.3, 0.4) is 0 Å². The van der Waals surface area contributed by atoms with E-state index in [1.54, 1.807) is 6.08 Å². The van der Waals surface area contributed by atoms with E-state index in [0.29, 0.717) is 35.8 Å². The highest BCUT2D eigenvalue weighted by atomic mass is 35.5. The van der Waals surface area contributed by atoms with Crippen molar-refractivity contribution >= 4 is 34.9 Å². The molecule has 0 aromatic carbocycles. The molecule has 0 saturated heterocycles. The smallest absolute Gasteiger partial charge is 0.168 e. The Hall–Kier alpha value is -0.940. The van der Waals surface area contributed by atoms with Crippen molar-refractivity contribution < 1.29 is 14.7 Å². The summed E-state index contributed by atoms with van der Waals surface area (Å²) in [5, 5.41) is 15.5. The first-order chi connectivity index (χ1) is 15.1. The van der Waals surface area contributed by atoms with Gasteiger partial charge in [-0.15, -0.1) is 0 Å². The molecule has 1 N–H and O–H groups in total. The number of halogens is 1. The Bertz CT molecular complexity index is 604. The van der Waals surface area contributed by atoms with Crippen LogP contribution in [0.2, 0.25) is 0 Å². The molecule has 6 heteroatoms. The Labute approximate surface area is 198 Å². The Balaban J connectivity index is 2.65. The van der Waals surface area contributed by atoms with E-state index in [0.717, 1.165) is 19.3 Å². The predicted molar refractivity (Wildman–Crippen MR) is 135 cm³/mol. The highest BCUT2D eigenvalue weighted by molar-refractivity contribution is 7.99. The van der Waals surface area contributed by atoms with Crippen LogP contribution in [-0.4, -0.2) is 34.2 Å². The number of hydrogen-bond donors (Lipinski definition) is 1. The number of hydrogen-bond acceptors (Lipinski definition) is 5. The molecule has 4 nitrogen and oxygen atoms in total. The molecular formula is C25H42ClNO3S. The van der Waals surface area contributed by atoms with E-state index in [9.17, 15) is 9.90 Å². The lowest BCUT2D eigenvalue weighted by molar-refractivity contribution is -0.116. The zero-order chi connectivity index (χ0) is 22.9. The molecule has 0 bridgehead atoms. The van der Waals surface area contributed by atoms with Crippen LogP contribution in [0.25, 0.3) is 0 Å². The molecule has 0 saturated carbocycles. The number of ketones is 1. The van der Waals surface area contributed by atoms with Crippen LogP contribution in [0, 0.1) is 5.92 Å². The molecule has 0 fully saturated rings. The number of unbranched alkanes of at least 4 members (excludes halogenated alkanes) is 3. The van der Waals surface area contributed by atoms with Crippen LogP contribution in [0.15, 0.2) is 28.1 Å². The number of aliphatic hydroxyl groups is 1. The second-order valence-electron chi connectivity index (χ2n) is 8.38. The summed E-state index contributed by atoms with van der Waals surface area (Å²) in [7, 11) is 0. The molecule has 1 rings (SSSR count). The van der Waals surface area contributed by atoms with E-state index >= 15 is 0 Å². The third-order valence-electron chi connectivity index (χ3n) is 5.59. The van der Waals surface area contributed by atoms with Crippen LogP contribution >= 0.6 is 23.4 Å². The van der Waals surface area contributed by atoms with Crippen molar-refractivity contribution in [3.8, 4) is 0 Å². The highest BCUT2D eigenvalue weighted by Gasteiger charge is 2.31. The molecule has 1 aliphatic rings. The summed E-state index contributed by atoms with van der Waals surface area (Å²) in [6, 6.07) is 0. The van der Waals surface area contributed by atoms with Gasteiger partial charge in [0.15, 0.2) is 5.78 Å². The molecular weight excluding hydrogens is 430 g/mol. The second kappa shape index (κ2) is 17.6. The molecule has 0 spiro atoms. The summed E-state index contributed by atoms with van der Waals surface area (Å²) in [4.78, 5) is 18.1. The number of rotatable bonds is 17. The van der Waals surface area contributed by atoms with Gasteiger partial charge in [-0.05, 0) is 49.9 Å². The first kappa shape index (κ1) is 28.1. The lowest BCUT2D eigenvalue weighted by Crippen LogP contribution is -2.25. The van der Waals surface area contributed by atoms with Gasteiger partial charge in [-0.3, -0.25) is 4.79 Å². The fourth-order valence-corrected chi connectivity index (χ4v) is 5.47. The average molecular weight is 472 g/mol. The van der Waals surface area contributed by atoms with Crippen molar-refractivity contribution in [1.29, 1.82) is 0 Å². The van der Waals surface area contributed by atoms with Gasteiger partial charge in [0, 0.05) is 23.6 Å². The Morgan fingerprint density at radius 3 is 2.65 bits per heavy atom. The van der Waals surface area contributed by atoms with Crippen molar-refractivity contribution in [2.75, 3.05) is 12.4 Å². The van der Waals surface area contributed by atoms with Crippen molar-refractivity contribution in [2.45, 2.75) is 103 Å². The zero-order valence-electron chi connectivity index (χ0n) is 19.7. The maximum Gasteiger partial charge on any atom is 0.168 e. The van der Waals surface area contributed by atoms with Gasteiger partial charge < -0.3 is 9.94 Å². The fourth-order valence-electron chi connectivity index (χ4n) is 3.99. The van der Waals surface area contributed by atoms with Gasteiger partial charge in [0.2, 0.25) is 0 Å².